The first kappa shape index (κ1) is 13.9. The van der Waals surface area contributed by atoms with E-state index in [4.69, 9.17) is 15.2 Å². The maximum absolute atomic E-state index is 11.6. The fraction of sp³-hybridized carbons (Fsp3) is 0.455. The number of ether oxygens (including phenoxy) is 2. The smallest absolute Gasteiger partial charge is 0.376 e. The lowest BCUT2D eigenvalue weighted by Gasteiger charge is -2.08. The van der Waals surface area contributed by atoms with Crippen molar-refractivity contribution in [2.45, 2.75) is 20.8 Å². The van der Waals surface area contributed by atoms with Crippen LogP contribution in [0, 0.1) is 6.92 Å². The van der Waals surface area contributed by atoms with Gasteiger partial charge in [0.1, 0.15) is 5.82 Å². The predicted molar refractivity (Wildman–Crippen MR) is 63.1 cm³/mol. The summed E-state index contributed by atoms with van der Waals surface area (Å²) < 4.78 is 9.57. The molecule has 0 saturated carbocycles. The second kappa shape index (κ2) is 5.95. The van der Waals surface area contributed by atoms with E-state index >= 15 is 0 Å². The van der Waals surface area contributed by atoms with Crippen LogP contribution in [0.15, 0.2) is 0 Å². The molecule has 1 aromatic heterocycles. The second-order valence-corrected chi connectivity index (χ2v) is 3.35. The Bertz CT molecular complexity index is 474. The lowest BCUT2D eigenvalue weighted by Crippen LogP contribution is -2.18. The summed E-state index contributed by atoms with van der Waals surface area (Å²) >= 11 is 0. The van der Waals surface area contributed by atoms with Gasteiger partial charge in [0.25, 0.3) is 0 Å². The molecular weight excluding hydrogens is 238 g/mol. The average Bonchev–Trinajstić information content (AvgIpc) is 2.32. The van der Waals surface area contributed by atoms with E-state index in [2.05, 4.69) is 9.97 Å². The summed E-state index contributed by atoms with van der Waals surface area (Å²) in [5.74, 6) is -1.57. The van der Waals surface area contributed by atoms with Gasteiger partial charge < -0.3 is 15.2 Å². The summed E-state index contributed by atoms with van der Waals surface area (Å²) in [6.45, 7) is 5.30. The molecule has 0 atom stereocenters. The number of anilines is 1. The zero-order chi connectivity index (χ0) is 13.7. The number of nitrogen functional groups attached to an aromatic ring is 1. The summed E-state index contributed by atoms with van der Waals surface area (Å²) in [7, 11) is 0. The molecule has 0 fully saturated rings. The standard InChI is InChI=1S/C11H15N3O4/c1-4-17-10(15)7-6(3)8(12)14-9(13-7)11(16)18-5-2/h4-5H2,1-3H3,(H2,12,13,14). The molecule has 0 radical (unpaired) electrons. The maximum atomic E-state index is 11.6. The predicted octanol–water partition coefficient (Wildman–Crippen LogP) is 0.721. The zero-order valence-corrected chi connectivity index (χ0v) is 10.5. The highest BCUT2D eigenvalue weighted by atomic mass is 16.5. The minimum absolute atomic E-state index is 0.0209. The van der Waals surface area contributed by atoms with Crippen molar-refractivity contribution in [2.24, 2.45) is 0 Å². The van der Waals surface area contributed by atoms with Gasteiger partial charge in [-0.25, -0.2) is 19.6 Å². The summed E-state index contributed by atoms with van der Waals surface area (Å²) in [4.78, 5) is 30.7. The molecule has 2 N–H and O–H groups in total. The monoisotopic (exact) mass is 253 g/mol. The Balaban J connectivity index is 3.18. The van der Waals surface area contributed by atoms with Crippen LogP contribution in [0.25, 0.3) is 0 Å². The van der Waals surface area contributed by atoms with Crippen LogP contribution >= 0.6 is 0 Å². The normalized spacial score (nSPS) is 9.94. The van der Waals surface area contributed by atoms with Gasteiger partial charge in [-0.05, 0) is 20.8 Å². The Hall–Kier alpha value is -2.18. The van der Waals surface area contributed by atoms with Crippen molar-refractivity contribution in [3.05, 3.63) is 17.1 Å². The minimum atomic E-state index is -0.727. The van der Waals surface area contributed by atoms with Crippen LogP contribution in [0.3, 0.4) is 0 Å². The Labute approximate surface area is 104 Å². The van der Waals surface area contributed by atoms with Gasteiger partial charge in [0.2, 0.25) is 5.82 Å². The molecule has 1 aromatic rings. The fourth-order valence-electron chi connectivity index (χ4n) is 1.22. The molecule has 0 amide bonds. The first-order valence-electron chi connectivity index (χ1n) is 5.49. The van der Waals surface area contributed by atoms with Crippen molar-refractivity contribution < 1.29 is 19.1 Å². The highest BCUT2D eigenvalue weighted by molar-refractivity contribution is 5.92. The van der Waals surface area contributed by atoms with E-state index in [-0.39, 0.29) is 30.5 Å². The van der Waals surface area contributed by atoms with Crippen LogP contribution in [0.2, 0.25) is 0 Å². The Morgan fingerprint density at radius 1 is 1.11 bits per heavy atom. The Kier molecular flexibility index (Phi) is 4.59. The highest BCUT2D eigenvalue weighted by Crippen LogP contribution is 2.14. The third-order valence-electron chi connectivity index (χ3n) is 2.11. The van der Waals surface area contributed by atoms with E-state index in [0.29, 0.717) is 5.56 Å². The number of carbonyl (C=O) groups is 2. The number of hydrogen-bond acceptors (Lipinski definition) is 7. The van der Waals surface area contributed by atoms with E-state index in [1.165, 1.54) is 0 Å². The van der Waals surface area contributed by atoms with Crippen molar-refractivity contribution in [2.75, 3.05) is 18.9 Å². The quantitative estimate of drug-likeness (QED) is 0.788. The lowest BCUT2D eigenvalue weighted by molar-refractivity contribution is 0.0505. The van der Waals surface area contributed by atoms with Gasteiger partial charge in [-0.3, -0.25) is 0 Å². The number of aromatic nitrogens is 2. The second-order valence-electron chi connectivity index (χ2n) is 3.35. The number of rotatable bonds is 4. The molecule has 98 valence electrons. The van der Waals surface area contributed by atoms with Crippen LogP contribution in [-0.4, -0.2) is 35.1 Å². The van der Waals surface area contributed by atoms with Gasteiger partial charge in [0, 0.05) is 5.56 Å². The van der Waals surface area contributed by atoms with Crippen LogP contribution in [0.1, 0.15) is 40.5 Å². The summed E-state index contributed by atoms with van der Waals surface area (Å²) in [5.41, 5.74) is 5.98. The molecule has 0 bridgehead atoms. The Morgan fingerprint density at radius 2 is 1.67 bits per heavy atom. The molecule has 1 rings (SSSR count). The highest BCUT2D eigenvalue weighted by Gasteiger charge is 2.20. The van der Waals surface area contributed by atoms with E-state index in [9.17, 15) is 9.59 Å². The molecular formula is C11H15N3O4. The molecule has 0 aromatic carbocycles. The number of esters is 2. The van der Waals surface area contributed by atoms with E-state index in [0.717, 1.165) is 0 Å². The van der Waals surface area contributed by atoms with Crippen molar-refractivity contribution in [1.29, 1.82) is 0 Å². The minimum Gasteiger partial charge on any atom is -0.461 e. The number of carbonyl (C=O) groups excluding carboxylic acids is 2. The Morgan fingerprint density at radius 3 is 2.22 bits per heavy atom. The van der Waals surface area contributed by atoms with Gasteiger partial charge >= 0.3 is 11.9 Å². The summed E-state index contributed by atoms with van der Waals surface area (Å²) in [6.07, 6.45) is 0. The molecule has 0 saturated heterocycles. The van der Waals surface area contributed by atoms with Crippen molar-refractivity contribution in [3.8, 4) is 0 Å². The lowest BCUT2D eigenvalue weighted by atomic mass is 10.2. The van der Waals surface area contributed by atoms with Gasteiger partial charge in [-0.1, -0.05) is 0 Å². The third kappa shape index (κ3) is 2.93. The molecule has 7 heteroatoms. The van der Waals surface area contributed by atoms with E-state index in [1.54, 1.807) is 20.8 Å². The molecule has 0 unspecified atom stereocenters. The zero-order valence-electron chi connectivity index (χ0n) is 10.5. The first-order chi connectivity index (χ1) is 8.51. The average molecular weight is 253 g/mol. The summed E-state index contributed by atoms with van der Waals surface area (Å²) in [5, 5.41) is 0. The van der Waals surface area contributed by atoms with Gasteiger partial charge in [-0.15, -0.1) is 0 Å². The molecule has 0 aliphatic carbocycles. The van der Waals surface area contributed by atoms with Gasteiger partial charge in [0.05, 0.1) is 13.2 Å². The SMILES string of the molecule is CCOC(=O)c1nc(N)c(C)c(C(=O)OCC)n1. The third-order valence-corrected chi connectivity index (χ3v) is 2.11. The molecule has 18 heavy (non-hydrogen) atoms. The molecule has 1 heterocycles. The number of hydrogen-bond donors (Lipinski definition) is 1. The number of nitrogens with zero attached hydrogens (tertiary/aromatic N) is 2. The van der Waals surface area contributed by atoms with Crippen LogP contribution in [0.4, 0.5) is 5.82 Å². The maximum Gasteiger partial charge on any atom is 0.376 e. The van der Waals surface area contributed by atoms with Crippen LogP contribution < -0.4 is 5.73 Å². The van der Waals surface area contributed by atoms with E-state index < -0.39 is 11.9 Å². The van der Waals surface area contributed by atoms with Crippen molar-refractivity contribution in [1.82, 2.24) is 9.97 Å². The fourth-order valence-corrected chi connectivity index (χ4v) is 1.22. The number of nitrogens with two attached hydrogens (primary N) is 1. The molecule has 0 spiro atoms. The van der Waals surface area contributed by atoms with Gasteiger partial charge in [0.15, 0.2) is 5.69 Å². The molecule has 7 nitrogen and oxygen atoms in total. The summed E-state index contributed by atoms with van der Waals surface area (Å²) in [6, 6.07) is 0. The largest absolute Gasteiger partial charge is 0.461 e. The first-order valence-corrected chi connectivity index (χ1v) is 5.49. The van der Waals surface area contributed by atoms with Gasteiger partial charge in [-0.2, -0.15) is 0 Å². The molecule has 0 aliphatic rings. The van der Waals surface area contributed by atoms with Crippen molar-refractivity contribution in [3.63, 3.8) is 0 Å². The van der Waals surface area contributed by atoms with Crippen LogP contribution in [0.5, 0.6) is 0 Å². The van der Waals surface area contributed by atoms with Crippen LogP contribution in [-0.2, 0) is 9.47 Å². The molecule has 0 aliphatic heterocycles. The topological polar surface area (TPSA) is 104 Å². The van der Waals surface area contributed by atoms with E-state index in [1.807, 2.05) is 0 Å². The van der Waals surface area contributed by atoms with Crippen molar-refractivity contribution >= 4 is 17.8 Å².